The van der Waals surface area contributed by atoms with Crippen molar-refractivity contribution in [3.63, 3.8) is 0 Å². The van der Waals surface area contributed by atoms with Crippen molar-refractivity contribution in [3.8, 4) is 0 Å². The van der Waals surface area contributed by atoms with Crippen LogP contribution in [0.1, 0.15) is 26.2 Å². The predicted molar refractivity (Wildman–Crippen MR) is 66.7 cm³/mol. The van der Waals surface area contributed by atoms with Gasteiger partial charge in [0, 0.05) is 32.7 Å². The van der Waals surface area contributed by atoms with Gasteiger partial charge >= 0.3 is 0 Å². The topological polar surface area (TPSA) is 15.7 Å². The average Bonchev–Trinajstić information content (AvgIpc) is 2.38. The fourth-order valence-electron chi connectivity index (χ4n) is 2.80. The molecule has 94 valence electrons. The third-order valence-corrected chi connectivity index (χ3v) is 4.02. The number of morpholine rings is 1. The van der Waals surface area contributed by atoms with Crippen molar-refractivity contribution in [1.29, 1.82) is 0 Å². The molecule has 0 saturated carbocycles. The van der Waals surface area contributed by atoms with Gasteiger partial charge in [0.25, 0.3) is 0 Å². The zero-order chi connectivity index (χ0) is 11.2. The van der Waals surface area contributed by atoms with Crippen molar-refractivity contribution in [2.75, 3.05) is 52.5 Å². The summed E-state index contributed by atoms with van der Waals surface area (Å²) in [6.07, 6.45) is 4.21. The zero-order valence-corrected chi connectivity index (χ0v) is 10.7. The summed E-state index contributed by atoms with van der Waals surface area (Å²) in [7, 11) is 0. The molecule has 0 aromatic heterocycles. The Morgan fingerprint density at radius 3 is 2.56 bits per heavy atom. The third-order valence-electron chi connectivity index (χ3n) is 4.02. The maximum Gasteiger partial charge on any atom is 0.0594 e. The van der Waals surface area contributed by atoms with Gasteiger partial charge in [0.15, 0.2) is 0 Å². The lowest BCUT2D eigenvalue weighted by Gasteiger charge is -2.34. The number of rotatable bonds is 4. The Labute approximate surface area is 99.7 Å². The van der Waals surface area contributed by atoms with Gasteiger partial charge < -0.3 is 9.64 Å². The molecule has 16 heavy (non-hydrogen) atoms. The maximum absolute atomic E-state index is 5.37. The van der Waals surface area contributed by atoms with Gasteiger partial charge in [-0.05, 0) is 25.3 Å². The summed E-state index contributed by atoms with van der Waals surface area (Å²) < 4.78 is 5.37. The van der Waals surface area contributed by atoms with E-state index in [4.69, 9.17) is 4.74 Å². The van der Waals surface area contributed by atoms with Gasteiger partial charge in [0.05, 0.1) is 13.2 Å². The second kappa shape index (κ2) is 6.58. The minimum atomic E-state index is 0.928. The van der Waals surface area contributed by atoms with Crippen molar-refractivity contribution in [2.24, 2.45) is 5.92 Å². The number of likely N-dealkylation sites (tertiary alicyclic amines) is 1. The van der Waals surface area contributed by atoms with Crippen LogP contribution >= 0.6 is 0 Å². The van der Waals surface area contributed by atoms with Crippen LogP contribution in [0.15, 0.2) is 0 Å². The molecule has 3 nitrogen and oxygen atoms in total. The highest BCUT2D eigenvalue weighted by Gasteiger charge is 2.19. The van der Waals surface area contributed by atoms with Gasteiger partial charge in [-0.25, -0.2) is 0 Å². The molecule has 0 aromatic carbocycles. The highest BCUT2D eigenvalue weighted by atomic mass is 16.5. The molecule has 3 heteroatoms. The summed E-state index contributed by atoms with van der Waals surface area (Å²) in [6, 6.07) is 0. The van der Waals surface area contributed by atoms with Crippen molar-refractivity contribution < 1.29 is 4.74 Å². The molecule has 2 aliphatic rings. The van der Waals surface area contributed by atoms with E-state index in [0.29, 0.717) is 0 Å². The molecule has 2 aliphatic heterocycles. The van der Waals surface area contributed by atoms with Gasteiger partial charge in [-0.3, -0.25) is 4.90 Å². The van der Waals surface area contributed by atoms with Crippen molar-refractivity contribution in [3.05, 3.63) is 0 Å². The summed E-state index contributed by atoms with van der Waals surface area (Å²) in [6.45, 7) is 11.6. The highest BCUT2D eigenvalue weighted by Crippen LogP contribution is 2.18. The molecule has 2 rings (SSSR count). The molecule has 2 heterocycles. The molecule has 0 aliphatic carbocycles. The van der Waals surface area contributed by atoms with E-state index in [9.17, 15) is 0 Å². The summed E-state index contributed by atoms with van der Waals surface area (Å²) in [5, 5.41) is 0. The summed E-state index contributed by atoms with van der Waals surface area (Å²) >= 11 is 0. The van der Waals surface area contributed by atoms with E-state index < -0.39 is 0 Å². The van der Waals surface area contributed by atoms with Crippen LogP contribution in [0.2, 0.25) is 0 Å². The van der Waals surface area contributed by atoms with Crippen LogP contribution in [0.3, 0.4) is 0 Å². The van der Waals surface area contributed by atoms with Crippen molar-refractivity contribution >= 4 is 0 Å². The molecule has 1 atom stereocenters. The first-order chi connectivity index (χ1) is 7.88. The maximum atomic E-state index is 5.37. The van der Waals surface area contributed by atoms with Crippen LogP contribution < -0.4 is 0 Å². The largest absolute Gasteiger partial charge is 0.379 e. The minimum absolute atomic E-state index is 0.928. The number of nitrogens with zero attached hydrogens (tertiary/aromatic N) is 2. The molecule has 0 radical (unpaired) electrons. The Morgan fingerprint density at radius 1 is 1.06 bits per heavy atom. The second-order valence-corrected chi connectivity index (χ2v) is 5.17. The van der Waals surface area contributed by atoms with Crippen molar-refractivity contribution in [1.82, 2.24) is 9.80 Å². The Hall–Kier alpha value is -0.120. The first-order valence-corrected chi connectivity index (χ1v) is 6.91. The van der Waals surface area contributed by atoms with Gasteiger partial charge in [-0.1, -0.05) is 13.3 Å². The first-order valence-electron chi connectivity index (χ1n) is 6.91. The van der Waals surface area contributed by atoms with Crippen LogP contribution in [-0.4, -0.2) is 62.3 Å². The fourth-order valence-corrected chi connectivity index (χ4v) is 2.80. The lowest BCUT2D eigenvalue weighted by atomic mass is 9.96. The van der Waals surface area contributed by atoms with Crippen LogP contribution in [0.4, 0.5) is 0 Å². The molecule has 0 spiro atoms. The van der Waals surface area contributed by atoms with Crippen LogP contribution in [0, 0.1) is 5.92 Å². The van der Waals surface area contributed by atoms with Crippen LogP contribution in [0.5, 0.6) is 0 Å². The molecular weight excluding hydrogens is 200 g/mol. The molecular formula is C13H26N2O. The van der Waals surface area contributed by atoms with E-state index in [1.54, 1.807) is 0 Å². The van der Waals surface area contributed by atoms with Crippen molar-refractivity contribution in [2.45, 2.75) is 26.2 Å². The third kappa shape index (κ3) is 3.72. The van der Waals surface area contributed by atoms with E-state index >= 15 is 0 Å². The number of ether oxygens (including phenoxy) is 1. The van der Waals surface area contributed by atoms with E-state index in [0.717, 1.165) is 32.2 Å². The number of hydrogen-bond donors (Lipinski definition) is 0. The van der Waals surface area contributed by atoms with Gasteiger partial charge in [-0.15, -0.1) is 0 Å². The summed E-state index contributed by atoms with van der Waals surface area (Å²) in [5.41, 5.74) is 0. The average molecular weight is 226 g/mol. The Kier molecular flexibility index (Phi) is 5.07. The smallest absolute Gasteiger partial charge is 0.0594 e. The lowest BCUT2D eigenvalue weighted by Crippen LogP contribution is -2.44. The number of piperidine rings is 1. The van der Waals surface area contributed by atoms with Gasteiger partial charge in [-0.2, -0.15) is 0 Å². The van der Waals surface area contributed by atoms with Crippen LogP contribution in [-0.2, 0) is 4.74 Å². The quantitative estimate of drug-likeness (QED) is 0.721. The van der Waals surface area contributed by atoms with E-state index in [1.165, 1.54) is 45.4 Å². The summed E-state index contributed by atoms with van der Waals surface area (Å²) in [4.78, 5) is 5.20. The lowest BCUT2D eigenvalue weighted by molar-refractivity contribution is 0.0308. The van der Waals surface area contributed by atoms with Gasteiger partial charge in [0.2, 0.25) is 0 Å². The Bertz CT molecular complexity index is 192. The first kappa shape index (κ1) is 12.3. The molecule has 2 saturated heterocycles. The standard InChI is InChI=1S/C13H26N2O/c1-2-13-4-3-5-15(12-13)7-6-14-8-10-16-11-9-14/h13H,2-12H2,1H3. The van der Waals surface area contributed by atoms with Gasteiger partial charge in [0.1, 0.15) is 0 Å². The molecule has 0 aromatic rings. The SMILES string of the molecule is CCC1CCCN(CCN2CCOCC2)C1. The second-order valence-electron chi connectivity index (χ2n) is 5.17. The van der Waals surface area contributed by atoms with E-state index in [1.807, 2.05) is 0 Å². The Morgan fingerprint density at radius 2 is 1.81 bits per heavy atom. The summed E-state index contributed by atoms with van der Waals surface area (Å²) in [5.74, 6) is 0.957. The van der Waals surface area contributed by atoms with Crippen LogP contribution in [0.25, 0.3) is 0 Å². The molecule has 0 bridgehead atoms. The predicted octanol–water partition coefficient (Wildman–Crippen LogP) is 1.44. The van der Waals surface area contributed by atoms with E-state index in [2.05, 4.69) is 16.7 Å². The minimum Gasteiger partial charge on any atom is -0.379 e. The fraction of sp³-hybridized carbons (Fsp3) is 1.00. The molecule has 1 unspecified atom stereocenters. The Balaban J connectivity index is 1.64. The zero-order valence-electron chi connectivity index (χ0n) is 10.7. The molecule has 0 N–H and O–H groups in total. The molecule has 2 fully saturated rings. The molecule has 0 amide bonds. The normalized spacial score (nSPS) is 29.4. The number of hydrogen-bond acceptors (Lipinski definition) is 3. The highest BCUT2D eigenvalue weighted by molar-refractivity contribution is 4.73. The monoisotopic (exact) mass is 226 g/mol. The van der Waals surface area contributed by atoms with E-state index in [-0.39, 0.29) is 0 Å².